The second-order valence-electron chi connectivity index (χ2n) is 5.69. The fourth-order valence-electron chi connectivity index (χ4n) is 2.75. The lowest BCUT2D eigenvalue weighted by molar-refractivity contribution is 0.183. The van der Waals surface area contributed by atoms with Crippen LogP contribution in [-0.2, 0) is 0 Å². The van der Waals surface area contributed by atoms with E-state index in [0.29, 0.717) is 12.5 Å². The van der Waals surface area contributed by atoms with Crippen molar-refractivity contribution in [3.05, 3.63) is 29.8 Å². The van der Waals surface area contributed by atoms with E-state index in [0.717, 1.165) is 18.2 Å². The molecule has 1 aliphatic rings. The number of nitrogens with zero attached hydrogens (tertiary/aromatic N) is 1. The molecule has 106 valence electrons. The van der Waals surface area contributed by atoms with Crippen molar-refractivity contribution in [1.82, 2.24) is 4.90 Å². The summed E-state index contributed by atoms with van der Waals surface area (Å²) >= 11 is 0. The predicted octanol–water partition coefficient (Wildman–Crippen LogP) is 2.47. The summed E-state index contributed by atoms with van der Waals surface area (Å²) in [5.74, 6) is 2.22. The minimum Gasteiger partial charge on any atom is -0.497 e. The van der Waals surface area contributed by atoms with Crippen LogP contribution in [-0.4, -0.2) is 38.2 Å². The molecule has 0 radical (unpaired) electrons. The van der Waals surface area contributed by atoms with Crippen LogP contribution < -0.4 is 10.5 Å². The monoisotopic (exact) mass is 262 g/mol. The zero-order chi connectivity index (χ0) is 13.7. The molecule has 1 saturated heterocycles. The highest BCUT2D eigenvalue weighted by molar-refractivity contribution is 5.29. The number of hydrogen-bond donors (Lipinski definition) is 1. The van der Waals surface area contributed by atoms with Gasteiger partial charge in [0.2, 0.25) is 0 Å². The van der Waals surface area contributed by atoms with Crippen molar-refractivity contribution in [3.8, 4) is 5.75 Å². The third-order valence-electron chi connectivity index (χ3n) is 4.23. The molecule has 3 heteroatoms. The molecule has 0 saturated carbocycles. The minimum absolute atomic E-state index is 0.430. The van der Waals surface area contributed by atoms with E-state index >= 15 is 0 Å². The number of piperidine rings is 1. The highest BCUT2D eigenvalue weighted by Crippen LogP contribution is 2.22. The maximum atomic E-state index is 5.96. The van der Waals surface area contributed by atoms with Gasteiger partial charge >= 0.3 is 0 Å². The van der Waals surface area contributed by atoms with E-state index in [1.165, 1.54) is 31.5 Å². The molecule has 0 aromatic heterocycles. The average Bonchev–Trinajstić information content (AvgIpc) is 2.47. The van der Waals surface area contributed by atoms with Gasteiger partial charge in [0.25, 0.3) is 0 Å². The van der Waals surface area contributed by atoms with Crippen LogP contribution in [0.4, 0.5) is 0 Å². The van der Waals surface area contributed by atoms with Crippen LogP contribution in [0.1, 0.15) is 31.2 Å². The lowest BCUT2D eigenvalue weighted by Crippen LogP contribution is -2.37. The van der Waals surface area contributed by atoms with Crippen molar-refractivity contribution in [2.75, 3.05) is 33.3 Å². The van der Waals surface area contributed by atoms with Crippen molar-refractivity contribution in [2.45, 2.75) is 25.7 Å². The summed E-state index contributed by atoms with van der Waals surface area (Å²) in [5.41, 5.74) is 7.28. The van der Waals surface area contributed by atoms with E-state index in [1.807, 2.05) is 12.1 Å². The van der Waals surface area contributed by atoms with Gasteiger partial charge in [0.05, 0.1) is 7.11 Å². The van der Waals surface area contributed by atoms with Crippen LogP contribution in [0.3, 0.4) is 0 Å². The molecule has 19 heavy (non-hydrogen) atoms. The molecule has 0 spiro atoms. The predicted molar refractivity (Wildman–Crippen MR) is 79.6 cm³/mol. The van der Waals surface area contributed by atoms with Crippen LogP contribution >= 0.6 is 0 Å². The largest absolute Gasteiger partial charge is 0.497 e. The molecule has 2 N–H and O–H groups in total. The van der Waals surface area contributed by atoms with Crippen LogP contribution in [0.25, 0.3) is 0 Å². The highest BCUT2D eigenvalue weighted by Gasteiger charge is 2.19. The summed E-state index contributed by atoms with van der Waals surface area (Å²) in [5, 5.41) is 0. The lowest BCUT2D eigenvalue weighted by atomic mass is 9.95. The number of rotatable bonds is 5. The smallest absolute Gasteiger partial charge is 0.118 e. The second-order valence-corrected chi connectivity index (χ2v) is 5.69. The SMILES string of the molecule is COc1ccc(C(CN)CN2CCC(C)CC2)cc1. The topological polar surface area (TPSA) is 38.5 Å². The number of benzene rings is 1. The van der Waals surface area contributed by atoms with Gasteiger partial charge in [-0.3, -0.25) is 0 Å². The maximum absolute atomic E-state index is 5.96. The Hall–Kier alpha value is -1.06. The normalized spacial score (nSPS) is 19.3. The molecule has 0 aliphatic carbocycles. The van der Waals surface area contributed by atoms with E-state index < -0.39 is 0 Å². The molecule has 1 aliphatic heterocycles. The molecule has 1 atom stereocenters. The molecule has 1 unspecified atom stereocenters. The number of nitrogens with two attached hydrogens (primary N) is 1. The van der Waals surface area contributed by atoms with Crippen molar-refractivity contribution in [1.29, 1.82) is 0 Å². The number of methoxy groups -OCH3 is 1. The van der Waals surface area contributed by atoms with Gasteiger partial charge in [-0.25, -0.2) is 0 Å². The van der Waals surface area contributed by atoms with Crippen LogP contribution in [0.2, 0.25) is 0 Å². The van der Waals surface area contributed by atoms with Gasteiger partial charge < -0.3 is 15.4 Å². The Kier molecular flexibility index (Phi) is 5.23. The van der Waals surface area contributed by atoms with E-state index in [2.05, 4.69) is 24.0 Å². The fourth-order valence-corrected chi connectivity index (χ4v) is 2.75. The van der Waals surface area contributed by atoms with Crippen molar-refractivity contribution >= 4 is 0 Å². The van der Waals surface area contributed by atoms with E-state index in [9.17, 15) is 0 Å². The second kappa shape index (κ2) is 6.92. The Labute approximate surface area is 116 Å². The molecular weight excluding hydrogens is 236 g/mol. The zero-order valence-electron chi connectivity index (χ0n) is 12.1. The number of hydrogen-bond acceptors (Lipinski definition) is 3. The van der Waals surface area contributed by atoms with Crippen LogP contribution in [0.5, 0.6) is 5.75 Å². The van der Waals surface area contributed by atoms with Crippen LogP contribution in [0.15, 0.2) is 24.3 Å². The molecule has 0 amide bonds. The Balaban J connectivity index is 1.95. The van der Waals surface area contributed by atoms with Gasteiger partial charge in [-0.05, 0) is 49.5 Å². The molecule has 0 bridgehead atoms. The Morgan fingerprint density at radius 1 is 1.26 bits per heavy atom. The molecule has 1 heterocycles. The van der Waals surface area contributed by atoms with Gasteiger partial charge in [0.1, 0.15) is 5.75 Å². The van der Waals surface area contributed by atoms with E-state index in [-0.39, 0.29) is 0 Å². The van der Waals surface area contributed by atoms with Crippen LogP contribution in [0, 0.1) is 5.92 Å². The standard InChI is InChI=1S/C16H26N2O/c1-13-7-9-18(10-8-13)12-15(11-17)14-3-5-16(19-2)6-4-14/h3-6,13,15H,7-12,17H2,1-2H3. The molecule has 1 aromatic rings. The summed E-state index contributed by atoms with van der Waals surface area (Å²) in [4.78, 5) is 2.56. The molecule has 2 rings (SSSR count). The van der Waals surface area contributed by atoms with Crippen molar-refractivity contribution in [3.63, 3.8) is 0 Å². The minimum atomic E-state index is 0.430. The summed E-state index contributed by atoms with van der Waals surface area (Å²) < 4.78 is 5.20. The Bertz CT molecular complexity index is 369. The summed E-state index contributed by atoms with van der Waals surface area (Å²) in [6.07, 6.45) is 2.64. The molecule has 1 aromatic carbocycles. The average molecular weight is 262 g/mol. The molecule has 3 nitrogen and oxygen atoms in total. The number of ether oxygens (including phenoxy) is 1. The van der Waals surface area contributed by atoms with Gasteiger partial charge in [0, 0.05) is 19.0 Å². The third-order valence-corrected chi connectivity index (χ3v) is 4.23. The first-order chi connectivity index (χ1) is 9.22. The fraction of sp³-hybridized carbons (Fsp3) is 0.625. The first-order valence-electron chi connectivity index (χ1n) is 7.29. The summed E-state index contributed by atoms with van der Waals surface area (Å²) in [7, 11) is 1.70. The summed E-state index contributed by atoms with van der Waals surface area (Å²) in [6, 6.07) is 8.33. The van der Waals surface area contributed by atoms with Gasteiger partial charge in [-0.1, -0.05) is 19.1 Å². The van der Waals surface area contributed by atoms with E-state index in [1.54, 1.807) is 7.11 Å². The van der Waals surface area contributed by atoms with Gasteiger partial charge in [-0.15, -0.1) is 0 Å². The molecular formula is C16H26N2O. The summed E-state index contributed by atoms with van der Waals surface area (Å²) in [6.45, 7) is 6.57. The quantitative estimate of drug-likeness (QED) is 0.886. The van der Waals surface area contributed by atoms with Gasteiger partial charge in [-0.2, -0.15) is 0 Å². The Morgan fingerprint density at radius 2 is 1.89 bits per heavy atom. The lowest BCUT2D eigenvalue weighted by Gasteiger charge is -2.33. The third kappa shape index (κ3) is 3.95. The highest BCUT2D eigenvalue weighted by atomic mass is 16.5. The van der Waals surface area contributed by atoms with Crippen molar-refractivity contribution in [2.24, 2.45) is 11.7 Å². The number of likely N-dealkylation sites (tertiary alicyclic amines) is 1. The van der Waals surface area contributed by atoms with Gasteiger partial charge in [0.15, 0.2) is 0 Å². The Morgan fingerprint density at radius 3 is 2.42 bits per heavy atom. The first kappa shape index (κ1) is 14.4. The first-order valence-corrected chi connectivity index (χ1v) is 7.29. The van der Waals surface area contributed by atoms with Crippen molar-refractivity contribution < 1.29 is 4.74 Å². The zero-order valence-corrected chi connectivity index (χ0v) is 12.1. The maximum Gasteiger partial charge on any atom is 0.118 e. The molecule has 1 fully saturated rings. The van der Waals surface area contributed by atoms with E-state index in [4.69, 9.17) is 10.5 Å².